The molecule has 0 radical (unpaired) electrons. The Labute approximate surface area is 92.0 Å². The molecule has 2 aliphatic rings. The van der Waals surface area contributed by atoms with E-state index < -0.39 is 0 Å². The van der Waals surface area contributed by atoms with E-state index in [0.29, 0.717) is 0 Å². The summed E-state index contributed by atoms with van der Waals surface area (Å²) in [6.45, 7) is 7.81. The molecule has 1 saturated heterocycles. The SMILES string of the molecule is CC(C)(C)C(=O)NCC12CCC1CCN2. The maximum absolute atomic E-state index is 11.8. The molecule has 86 valence electrons. The van der Waals surface area contributed by atoms with Gasteiger partial charge in [-0.15, -0.1) is 0 Å². The number of amides is 1. The van der Waals surface area contributed by atoms with Crippen molar-refractivity contribution in [3.63, 3.8) is 0 Å². The predicted molar refractivity (Wildman–Crippen MR) is 60.5 cm³/mol. The fraction of sp³-hybridized carbons (Fsp3) is 0.917. The summed E-state index contributed by atoms with van der Waals surface area (Å²) in [4.78, 5) is 11.8. The molecule has 15 heavy (non-hydrogen) atoms. The highest BCUT2D eigenvalue weighted by atomic mass is 16.2. The molecule has 1 aliphatic carbocycles. The van der Waals surface area contributed by atoms with Crippen LogP contribution in [-0.2, 0) is 4.79 Å². The van der Waals surface area contributed by atoms with Gasteiger partial charge < -0.3 is 10.6 Å². The second-order valence-electron chi connectivity index (χ2n) is 6.04. The zero-order valence-electron chi connectivity index (χ0n) is 10.0. The largest absolute Gasteiger partial charge is 0.354 e. The summed E-state index contributed by atoms with van der Waals surface area (Å²) in [7, 11) is 0. The average molecular weight is 210 g/mol. The number of fused-ring (bicyclic) bond motifs is 1. The normalized spacial score (nSPS) is 34.5. The van der Waals surface area contributed by atoms with Crippen LogP contribution in [0.25, 0.3) is 0 Å². The molecule has 3 nitrogen and oxygen atoms in total. The Balaban J connectivity index is 1.86. The molecule has 0 spiro atoms. The van der Waals surface area contributed by atoms with Gasteiger partial charge in [0.2, 0.25) is 5.91 Å². The third-order valence-corrected chi connectivity index (χ3v) is 3.94. The molecule has 1 aliphatic heterocycles. The topological polar surface area (TPSA) is 41.1 Å². The van der Waals surface area contributed by atoms with E-state index in [1.165, 1.54) is 19.3 Å². The average Bonchev–Trinajstić information content (AvgIpc) is 2.38. The van der Waals surface area contributed by atoms with E-state index in [9.17, 15) is 4.79 Å². The van der Waals surface area contributed by atoms with Crippen LogP contribution >= 0.6 is 0 Å². The Morgan fingerprint density at radius 3 is 2.67 bits per heavy atom. The van der Waals surface area contributed by atoms with Crippen molar-refractivity contribution >= 4 is 5.91 Å². The lowest BCUT2D eigenvalue weighted by atomic mass is 9.68. The Morgan fingerprint density at radius 2 is 2.20 bits per heavy atom. The van der Waals surface area contributed by atoms with Gasteiger partial charge >= 0.3 is 0 Å². The van der Waals surface area contributed by atoms with Gasteiger partial charge in [0.25, 0.3) is 0 Å². The molecule has 2 rings (SSSR count). The van der Waals surface area contributed by atoms with E-state index in [1.807, 2.05) is 20.8 Å². The van der Waals surface area contributed by atoms with Gasteiger partial charge in [0.15, 0.2) is 0 Å². The molecule has 2 unspecified atom stereocenters. The smallest absolute Gasteiger partial charge is 0.225 e. The van der Waals surface area contributed by atoms with Crippen LogP contribution in [0.1, 0.15) is 40.0 Å². The molecular formula is C12H22N2O. The Hall–Kier alpha value is -0.570. The molecule has 3 heteroatoms. The highest BCUT2D eigenvalue weighted by Gasteiger charge is 2.49. The maximum atomic E-state index is 11.8. The molecule has 1 amide bonds. The van der Waals surface area contributed by atoms with Gasteiger partial charge in [-0.2, -0.15) is 0 Å². The number of hydrogen-bond acceptors (Lipinski definition) is 2. The predicted octanol–water partition coefficient (Wildman–Crippen LogP) is 1.29. The van der Waals surface area contributed by atoms with Crippen molar-refractivity contribution in [3.8, 4) is 0 Å². The number of carbonyl (C=O) groups is 1. The molecule has 2 fully saturated rings. The second-order valence-corrected chi connectivity index (χ2v) is 6.04. The second kappa shape index (κ2) is 3.48. The third-order valence-electron chi connectivity index (χ3n) is 3.94. The first-order chi connectivity index (χ1) is 6.94. The van der Waals surface area contributed by atoms with Gasteiger partial charge in [0.05, 0.1) is 0 Å². The molecule has 1 saturated carbocycles. The quantitative estimate of drug-likeness (QED) is 0.721. The van der Waals surface area contributed by atoms with Crippen molar-refractivity contribution in [2.45, 2.75) is 45.6 Å². The zero-order chi connectivity index (χ0) is 11.1. The third kappa shape index (κ3) is 1.89. The van der Waals surface area contributed by atoms with E-state index in [-0.39, 0.29) is 16.9 Å². The van der Waals surface area contributed by atoms with Crippen LogP contribution < -0.4 is 10.6 Å². The van der Waals surface area contributed by atoms with E-state index in [0.717, 1.165) is 19.0 Å². The monoisotopic (exact) mass is 210 g/mol. The molecule has 2 atom stereocenters. The first kappa shape index (κ1) is 10.9. The lowest BCUT2D eigenvalue weighted by Crippen LogP contribution is -2.59. The van der Waals surface area contributed by atoms with Gasteiger partial charge in [-0.05, 0) is 31.7 Å². The van der Waals surface area contributed by atoms with Crippen LogP contribution in [0, 0.1) is 11.3 Å². The van der Waals surface area contributed by atoms with Crippen LogP contribution in [0.4, 0.5) is 0 Å². The Bertz CT molecular complexity index is 269. The standard InChI is InChI=1S/C12H22N2O/c1-11(2,3)10(15)13-8-12-6-4-9(12)5-7-14-12/h9,14H,4-8H2,1-3H3,(H,13,15). The van der Waals surface area contributed by atoms with Gasteiger partial charge in [-0.3, -0.25) is 4.79 Å². The molecule has 0 aromatic heterocycles. The zero-order valence-corrected chi connectivity index (χ0v) is 10.0. The maximum Gasteiger partial charge on any atom is 0.225 e. The van der Waals surface area contributed by atoms with Gasteiger partial charge in [0, 0.05) is 17.5 Å². The minimum Gasteiger partial charge on any atom is -0.354 e. The summed E-state index contributed by atoms with van der Waals surface area (Å²) >= 11 is 0. The summed E-state index contributed by atoms with van der Waals surface area (Å²) in [6, 6.07) is 0. The molecule has 0 aromatic rings. The lowest BCUT2D eigenvalue weighted by Gasteiger charge is -2.45. The van der Waals surface area contributed by atoms with Gasteiger partial charge in [0.1, 0.15) is 0 Å². The first-order valence-corrected chi connectivity index (χ1v) is 5.97. The molecule has 2 N–H and O–H groups in total. The number of carbonyl (C=O) groups excluding carboxylic acids is 1. The van der Waals surface area contributed by atoms with Crippen LogP contribution in [0.15, 0.2) is 0 Å². The Morgan fingerprint density at radius 1 is 1.47 bits per heavy atom. The molecular weight excluding hydrogens is 188 g/mol. The van der Waals surface area contributed by atoms with Crippen LogP contribution in [-0.4, -0.2) is 24.5 Å². The molecule has 1 heterocycles. The van der Waals surface area contributed by atoms with Crippen LogP contribution in [0.5, 0.6) is 0 Å². The fourth-order valence-electron chi connectivity index (χ4n) is 2.64. The summed E-state index contributed by atoms with van der Waals surface area (Å²) < 4.78 is 0. The highest BCUT2D eigenvalue weighted by molar-refractivity contribution is 5.81. The van der Waals surface area contributed by atoms with Crippen molar-refractivity contribution in [1.82, 2.24) is 10.6 Å². The summed E-state index contributed by atoms with van der Waals surface area (Å²) in [5, 5.41) is 6.65. The minimum absolute atomic E-state index is 0.163. The van der Waals surface area contributed by atoms with Crippen LogP contribution in [0.2, 0.25) is 0 Å². The Kier molecular flexibility index (Phi) is 2.53. The van der Waals surface area contributed by atoms with Gasteiger partial charge in [-0.25, -0.2) is 0 Å². The highest BCUT2D eigenvalue weighted by Crippen LogP contribution is 2.43. The summed E-state index contributed by atoms with van der Waals surface area (Å²) in [5.41, 5.74) is -0.0185. The van der Waals surface area contributed by atoms with E-state index >= 15 is 0 Å². The number of nitrogens with one attached hydrogen (secondary N) is 2. The fourth-order valence-corrected chi connectivity index (χ4v) is 2.64. The van der Waals surface area contributed by atoms with Crippen molar-refractivity contribution in [1.29, 1.82) is 0 Å². The van der Waals surface area contributed by atoms with Crippen molar-refractivity contribution < 1.29 is 4.79 Å². The van der Waals surface area contributed by atoms with Crippen molar-refractivity contribution in [2.24, 2.45) is 11.3 Å². The lowest BCUT2D eigenvalue weighted by molar-refractivity contribution is -0.129. The van der Waals surface area contributed by atoms with Crippen molar-refractivity contribution in [2.75, 3.05) is 13.1 Å². The molecule has 0 aromatic carbocycles. The minimum atomic E-state index is -0.269. The van der Waals surface area contributed by atoms with E-state index in [2.05, 4.69) is 10.6 Å². The first-order valence-electron chi connectivity index (χ1n) is 5.97. The van der Waals surface area contributed by atoms with Crippen molar-refractivity contribution in [3.05, 3.63) is 0 Å². The summed E-state index contributed by atoms with van der Waals surface area (Å²) in [6.07, 6.45) is 3.84. The van der Waals surface area contributed by atoms with Gasteiger partial charge in [-0.1, -0.05) is 20.8 Å². The molecule has 0 bridgehead atoms. The summed E-state index contributed by atoms with van der Waals surface area (Å²) in [5.74, 6) is 0.967. The number of hydrogen-bond donors (Lipinski definition) is 2. The van der Waals surface area contributed by atoms with E-state index in [4.69, 9.17) is 0 Å². The van der Waals surface area contributed by atoms with E-state index in [1.54, 1.807) is 0 Å². The van der Waals surface area contributed by atoms with Crippen LogP contribution in [0.3, 0.4) is 0 Å². The number of rotatable bonds is 2.